The third-order valence-corrected chi connectivity index (χ3v) is 4.39. The third-order valence-electron chi connectivity index (χ3n) is 4.39. The van der Waals surface area contributed by atoms with Gasteiger partial charge in [0.05, 0.1) is 6.42 Å². The monoisotopic (exact) mass is 351 g/mol. The van der Waals surface area contributed by atoms with E-state index in [0.29, 0.717) is 18.5 Å². The number of carbonyl (C=O) groups is 3. The van der Waals surface area contributed by atoms with Gasteiger partial charge in [0.25, 0.3) is 5.91 Å². The minimum absolute atomic E-state index is 0.0684. The van der Waals surface area contributed by atoms with Gasteiger partial charge < -0.3 is 10.6 Å². The molecule has 3 rings (SSSR count). The van der Waals surface area contributed by atoms with Crippen molar-refractivity contribution in [1.82, 2.24) is 10.6 Å². The molecule has 1 saturated heterocycles. The fourth-order valence-electron chi connectivity index (χ4n) is 3.02. The Labute approximate surface area is 152 Å². The molecule has 0 unspecified atom stereocenters. The zero-order valence-electron chi connectivity index (χ0n) is 14.5. The Hall–Kier alpha value is -3.15. The van der Waals surface area contributed by atoms with E-state index in [-0.39, 0.29) is 11.8 Å². The van der Waals surface area contributed by atoms with E-state index in [1.165, 1.54) is 5.56 Å². The quantitative estimate of drug-likeness (QED) is 0.697. The van der Waals surface area contributed by atoms with E-state index >= 15 is 0 Å². The second-order valence-corrected chi connectivity index (χ2v) is 6.26. The molecule has 0 bridgehead atoms. The fraction of sp³-hybridized carbons (Fsp3) is 0.250. The van der Waals surface area contributed by atoms with E-state index in [0.717, 1.165) is 17.5 Å². The largest absolute Gasteiger partial charge is 0.326 e. The zero-order chi connectivity index (χ0) is 18.5. The second-order valence-electron chi connectivity index (χ2n) is 6.26. The third kappa shape index (κ3) is 4.27. The highest BCUT2D eigenvalue weighted by atomic mass is 16.2. The summed E-state index contributed by atoms with van der Waals surface area (Å²) in [5, 5.41) is 7.67. The molecule has 6 heteroatoms. The van der Waals surface area contributed by atoms with Crippen LogP contribution < -0.4 is 16.0 Å². The Kier molecular flexibility index (Phi) is 5.31. The standard InChI is InChI=1S/C20H21N3O3/c1-2-14-5-3-4-6-15(14)12-18(24)21-16-9-7-13(8-10-16)11-17-19(25)23-20(26)22-17/h3-10,17H,2,11-12H2,1H3,(H,21,24)(H2,22,23,25,26)/t17-/m0/s1. The Balaban J connectivity index is 1.58. The van der Waals surface area contributed by atoms with Gasteiger partial charge in [-0.25, -0.2) is 4.79 Å². The van der Waals surface area contributed by atoms with Gasteiger partial charge in [0, 0.05) is 12.1 Å². The topological polar surface area (TPSA) is 87.3 Å². The lowest BCUT2D eigenvalue weighted by atomic mass is 10.0. The van der Waals surface area contributed by atoms with Gasteiger partial charge in [0.2, 0.25) is 5.91 Å². The molecule has 2 aromatic carbocycles. The molecule has 26 heavy (non-hydrogen) atoms. The molecule has 0 aliphatic carbocycles. The van der Waals surface area contributed by atoms with Crippen LogP contribution in [0.5, 0.6) is 0 Å². The van der Waals surface area contributed by atoms with Crippen molar-refractivity contribution >= 4 is 23.5 Å². The molecule has 1 aliphatic rings. The number of nitrogens with one attached hydrogen (secondary N) is 3. The van der Waals surface area contributed by atoms with Gasteiger partial charge in [0.15, 0.2) is 0 Å². The Bertz CT molecular complexity index is 830. The molecule has 1 aliphatic heterocycles. The lowest BCUT2D eigenvalue weighted by Gasteiger charge is -2.10. The number of hydrogen-bond donors (Lipinski definition) is 3. The van der Waals surface area contributed by atoms with E-state index in [2.05, 4.69) is 22.9 Å². The fourth-order valence-corrected chi connectivity index (χ4v) is 3.02. The summed E-state index contributed by atoms with van der Waals surface area (Å²) in [5.41, 5.74) is 3.82. The summed E-state index contributed by atoms with van der Waals surface area (Å²) in [5.74, 6) is -0.386. The summed E-state index contributed by atoms with van der Waals surface area (Å²) >= 11 is 0. The van der Waals surface area contributed by atoms with Crippen LogP contribution in [-0.2, 0) is 28.9 Å². The highest BCUT2D eigenvalue weighted by Crippen LogP contribution is 2.14. The molecule has 0 aromatic heterocycles. The normalized spacial score (nSPS) is 16.1. The van der Waals surface area contributed by atoms with Crippen molar-refractivity contribution in [2.24, 2.45) is 0 Å². The summed E-state index contributed by atoms with van der Waals surface area (Å²) in [7, 11) is 0. The first-order valence-corrected chi connectivity index (χ1v) is 8.62. The van der Waals surface area contributed by atoms with Crippen LogP contribution in [0.15, 0.2) is 48.5 Å². The van der Waals surface area contributed by atoms with Crippen molar-refractivity contribution in [1.29, 1.82) is 0 Å². The molecule has 1 fully saturated rings. The maximum Gasteiger partial charge on any atom is 0.322 e. The van der Waals surface area contributed by atoms with Gasteiger partial charge in [-0.1, -0.05) is 43.3 Å². The predicted molar refractivity (Wildman–Crippen MR) is 98.8 cm³/mol. The van der Waals surface area contributed by atoms with Crippen LogP contribution >= 0.6 is 0 Å². The summed E-state index contributed by atoms with van der Waals surface area (Å²) in [6.45, 7) is 2.07. The van der Waals surface area contributed by atoms with Gasteiger partial charge in [-0.05, 0) is 35.2 Å². The van der Waals surface area contributed by atoms with Crippen LogP contribution in [0, 0.1) is 0 Å². The van der Waals surface area contributed by atoms with Gasteiger partial charge in [0.1, 0.15) is 6.04 Å². The van der Waals surface area contributed by atoms with Crippen molar-refractivity contribution < 1.29 is 14.4 Å². The van der Waals surface area contributed by atoms with Gasteiger partial charge in [-0.3, -0.25) is 14.9 Å². The highest BCUT2D eigenvalue weighted by molar-refractivity contribution is 6.04. The maximum atomic E-state index is 12.3. The lowest BCUT2D eigenvalue weighted by molar-refractivity contribution is -0.120. The van der Waals surface area contributed by atoms with Gasteiger partial charge in [-0.15, -0.1) is 0 Å². The van der Waals surface area contributed by atoms with Crippen molar-refractivity contribution in [2.45, 2.75) is 32.2 Å². The molecule has 0 saturated carbocycles. The van der Waals surface area contributed by atoms with Crippen molar-refractivity contribution in [3.8, 4) is 0 Å². The molecular weight excluding hydrogens is 330 g/mol. The smallest absolute Gasteiger partial charge is 0.322 e. The number of aryl methyl sites for hydroxylation is 1. The maximum absolute atomic E-state index is 12.3. The summed E-state index contributed by atoms with van der Waals surface area (Å²) in [6, 6.07) is 14.2. The van der Waals surface area contributed by atoms with Crippen molar-refractivity contribution in [3.63, 3.8) is 0 Å². The number of benzene rings is 2. The van der Waals surface area contributed by atoms with E-state index in [1.807, 2.05) is 36.4 Å². The molecule has 6 nitrogen and oxygen atoms in total. The number of imide groups is 1. The SMILES string of the molecule is CCc1ccccc1CC(=O)Nc1ccc(C[C@@H]2NC(=O)NC2=O)cc1. The number of rotatable bonds is 6. The minimum atomic E-state index is -0.548. The van der Waals surface area contributed by atoms with E-state index < -0.39 is 12.1 Å². The van der Waals surface area contributed by atoms with Crippen LogP contribution in [0.3, 0.4) is 0 Å². The van der Waals surface area contributed by atoms with E-state index in [4.69, 9.17) is 0 Å². The molecule has 1 heterocycles. The summed E-state index contributed by atoms with van der Waals surface area (Å²) in [6.07, 6.45) is 1.64. The Morgan fingerprint density at radius 3 is 2.35 bits per heavy atom. The van der Waals surface area contributed by atoms with Crippen LogP contribution in [0.2, 0.25) is 0 Å². The van der Waals surface area contributed by atoms with Crippen LogP contribution in [-0.4, -0.2) is 23.9 Å². The van der Waals surface area contributed by atoms with E-state index in [9.17, 15) is 14.4 Å². The second kappa shape index (κ2) is 7.82. The van der Waals surface area contributed by atoms with Gasteiger partial charge >= 0.3 is 6.03 Å². The van der Waals surface area contributed by atoms with Crippen LogP contribution in [0.25, 0.3) is 0 Å². The molecule has 3 N–H and O–H groups in total. The van der Waals surface area contributed by atoms with Crippen LogP contribution in [0.1, 0.15) is 23.6 Å². The predicted octanol–water partition coefficient (Wildman–Crippen LogP) is 2.18. The Morgan fingerprint density at radius 2 is 1.73 bits per heavy atom. The van der Waals surface area contributed by atoms with Crippen molar-refractivity contribution in [3.05, 3.63) is 65.2 Å². The molecule has 134 valence electrons. The number of anilines is 1. The lowest BCUT2D eigenvalue weighted by Crippen LogP contribution is -2.31. The molecule has 2 aromatic rings. The summed E-state index contributed by atoms with van der Waals surface area (Å²) < 4.78 is 0. The Morgan fingerprint density at radius 1 is 1.04 bits per heavy atom. The number of carbonyl (C=O) groups excluding carboxylic acids is 3. The average Bonchev–Trinajstić information content (AvgIpc) is 2.94. The first kappa shape index (κ1) is 17.7. The van der Waals surface area contributed by atoms with Crippen LogP contribution in [0.4, 0.5) is 10.5 Å². The number of hydrogen-bond acceptors (Lipinski definition) is 3. The molecule has 0 spiro atoms. The molecule has 1 atom stereocenters. The first-order chi connectivity index (χ1) is 12.5. The molecule has 4 amide bonds. The number of urea groups is 1. The molecular formula is C20H21N3O3. The zero-order valence-corrected chi connectivity index (χ0v) is 14.5. The average molecular weight is 351 g/mol. The van der Waals surface area contributed by atoms with Crippen molar-refractivity contribution in [2.75, 3.05) is 5.32 Å². The minimum Gasteiger partial charge on any atom is -0.326 e. The van der Waals surface area contributed by atoms with E-state index in [1.54, 1.807) is 12.1 Å². The highest BCUT2D eigenvalue weighted by Gasteiger charge is 2.29. The summed E-state index contributed by atoms with van der Waals surface area (Å²) in [4.78, 5) is 35.0. The first-order valence-electron chi connectivity index (χ1n) is 8.62. The van der Waals surface area contributed by atoms with Gasteiger partial charge in [-0.2, -0.15) is 0 Å². The molecule has 0 radical (unpaired) electrons. The number of amides is 4.